The van der Waals surface area contributed by atoms with E-state index in [1.54, 1.807) is 11.3 Å². The van der Waals surface area contributed by atoms with Crippen molar-refractivity contribution in [2.24, 2.45) is 0 Å². The lowest BCUT2D eigenvalue weighted by Gasteiger charge is -2.12. The summed E-state index contributed by atoms with van der Waals surface area (Å²) in [5.74, 6) is 0. The van der Waals surface area contributed by atoms with E-state index in [2.05, 4.69) is 5.32 Å². The molecule has 84 valence electrons. The molecule has 1 heterocycles. The summed E-state index contributed by atoms with van der Waals surface area (Å²) in [7, 11) is 1.48. The van der Waals surface area contributed by atoms with Crippen molar-refractivity contribution >= 4 is 27.5 Å². The highest BCUT2D eigenvalue weighted by Crippen LogP contribution is 2.25. The van der Waals surface area contributed by atoms with Gasteiger partial charge < -0.3 is 5.32 Å². The van der Waals surface area contributed by atoms with Crippen LogP contribution in [0.4, 0.5) is 4.79 Å². The van der Waals surface area contributed by atoms with Gasteiger partial charge in [-0.3, -0.25) is 5.21 Å². The molecule has 0 aliphatic rings. The molecule has 0 atom stereocenters. The maximum Gasteiger partial charge on any atom is 0.341 e. The second-order valence-corrected chi connectivity index (χ2v) is 4.53. The number of nitrogens with one attached hydrogen (secondary N) is 1. The van der Waals surface area contributed by atoms with Crippen molar-refractivity contribution in [2.75, 3.05) is 7.05 Å². The summed E-state index contributed by atoms with van der Waals surface area (Å²) in [4.78, 5) is 12.1. The molecule has 0 aliphatic heterocycles. The molecule has 16 heavy (non-hydrogen) atoms. The van der Waals surface area contributed by atoms with Crippen LogP contribution in [0.5, 0.6) is 0 Å². The highest BCUT2D eigenvalue weighted by molar-refractivity contribution is 7.19. The maximum atomic E-state index is 11.1. The molecule has 2 amide bonds. The van der Waals surface area contributed by atoms with E-state index in [-0.39, 0.29) is 6.54 Å². The Morgan fingerprint density at radius 1 is 1.50 bits per heavy atom. The first kappa shape index (κ1) is 10.9. The molecule has 0 bridgehead atoms. The molecule has 1 aromatic carbocycles. The van der Waals surface area contributed by atoms with E-state index in [1.807, 2.05) is 30.3 Å². The van der Waals surface area contributed by atoms with Gasteiger partial charge >= 0.3 is 6.03 Å². The Morgan fingerprint density at radius 3 is 2.94 bits per heavy atom. The van der Waals surface area contributed by atoms with Crippen LogP contribution in [0.2, 0.25) is 0 Å². The molecular weight excluding hydrogens is 224 g/mol. The monoisotopic (exact) mass is 236 g/mol. The fraction of sp³-hybridized carbons (Fsp3) is 0.182. The van der Waals surface area contributed by atoms with Gasteiger partial charge in [0.05, 0.1) is 6.54 Å². The number of carbonyl (C=O) groups excluding carboxylic acids is 1. The molecule has 0 saturated heterocycles. The van der Waals surface area contributed by atoms with Gasteiger partial charge in [0.1, 0.15) is 0 Å². The highest BCUT2D eigenvalue weighted by Gasteiger charge is 2.10. The van der Waals surface area contributed by atoms with E-state index in [9.17, 15) is 10.0 Å². The molecule has 2 rings (SSSR count). The van der Waals surface area contributed by atoms with E-state index < -0.39 is 6.03 Å². The third-order valence-corrected chi connectivity index (χ3v) is 3.33. The molecule has 5 heteroatoms. The first-order valence-corrected chi connectivity index (χ1v) is 5.68. The average Bonchev–Trinajstić information content (AvgIpc) is 2.69. The van der Waals surface area contributed by atoms with E-state index >= 15 is 0 Å². The molecule has 0 saturated carbocycles. The van der Waals surface area contributed by atoms with Crippen LogP contribution < -0.4 is 5.32 Å². The molecule has 0 spiro atoms. The minimum Gasteiger partial charge on any atom is -0.339 e. The Kier molecular flexibility index (Phi) is 3.07. The Morgan fingerprint density at radius 2 is 2.25 bits per heavy atom. The summed E-state index contributed by atoms with van der Waals surface area (Å²) in [6, 6.07) is 9.44. The Balaban J connectivity index is 2.18. The number of benzene rings is 1. The number of hydrogen-bond acceptors (Lipinski definition) is 3. The number of fused-ring (bicyclic) bond motifs is 1. The largest absolute Gasteiger partial charge is 0.341 e. The topological polar surface area (TPSA) is 52.6 Å². The van der Waals surface area contributed by atoms with Crippen molar-refractivity contribution in [3.63, 3.8) is 0 Å². The van der Waals surface area contributed by atoms with Gasteiger partial charge in [-0.15, -0.1) is 11.3 Å². The van der Waals surface area contributed by atoms with Gasteiger partial charge in [0.25, 0.3) is 0 Å². The Hall–Kier alpha value is -1.59. The molecule has 2 N–H and O–H groups in total. The van der Waals surface area contributed by atoms with Crippen molar-refractivity contribution in [1.29, 1.82) is 0 Å². The normalized spacial score (nSPS) is 10.4. The summed E-state index contributed by atoms with van der Waals surface area (Å²) in [6.07, 6.45) is 0. The summed E-state index contributed by atoms with van der Waals surface area (Å²) in [5.41, 5.74) is 0. The van der Waals surface area contributed by atoms with Crippen molar-refractivity contribution in [2.45, 2.75) is 6.54 Å². The lowest BCUT2D eigenvalue weighted by Crippen LogP contribution is -2.34. The zero-order valence-electron chi connectivity index (χ0n) is 8.80. The fourth-order valence-electron chi connectivity index (χ4n) is 1.46. The molecule has 4 nitrogen and oxygen atoms in total. The number of urea groups is 1. The molecule has 1 aromatic heterocycles. The van der Waals surface area contributed by atoms with Crippen LogP contribution in [-0.2, 0) is 6.54 Å². The van der Waals surface area contributed by atoms with Gasteiger partial charge in [-0.1, -0.05) is 18.2 Å². The predicted octanol–water partition coefficient (Wildman–Crippen LogP) is 2.43. The van der Waals surface area contributed by atoms with E-state index in [1.165, 1.54) is 7.05 Å². The number of carbonyl (C=O) groups is 1. The quantitative estimate of drug-likeness (QED) is 0.621. The lowest BCUT2D eigenvalue weighted by atomic mass is 10.2. The van der Waals surface area contributed by atoms with Crippen LogP contribution in [0.15, 0.2) is 30.3 Å². The summed E-state index contributed by atoms with van der Waals surface area (Å²) in [5, 5.41) is 13.6. The van der Waals surface area contributed by atoms with Gasteiger partial charge in [-0.05, 0) is 17.5 Å². The first-order chi connectivity index (χ1) is 7.70. The van der Waals surface area contributed by atoms with Crippen molar-refractivity contribution in [3.8, 4) is 0 Å². The van der Waals surface area contributed by atoms with Crippen LogP contribution >= 0.6 is 11.3 Å². The third kappa shape index (κ3) is 2.15. The fourth-order valence-corrected chi connectivity index (χ4v) is 2.51. The first-order valence-electron chi connectivity index (χ1n) is 4.86. The van der Waals surface area contributed by atoms with Crippen LogP contribution in [0, 0.1) is 0 Å². The Bertz CT molecular complexity index is 476. The molecular formula is C11H12N2O2S. The second kappa shape index (κ2) is 4.51. The molecule has 0 fully saturated rings. The predicted molar refractivity (Wildman–Crippen MR) is 63.6 cm³/mol. The molecule has 0 radical (unpaired) electrons. The van der Waals surface area contributed by atoms with Crippen molar-refractivity contribution in [3.05, 3.63) is 35.2 Å². The lowest BCUT2D eigenvalue weighted by molar-refractivity contribution is -0.0493. The zero-order chi connectivity index (χ0) is 11.5. The number of hydroxylamine groups is 2. The summed E-state index contributed by atoms with van der Waals surface area (Å²) < 4.78 is 1.16. The summed E-state index contributed by atoms with van der Waals surface area (Å²) >= 11 is 1.57. The second-order valence-electron chi connectivity index (χ2n) is 3.36. The van der Waals surface area contributed by atoms with E-state index in [0.29, 0.717) is 5.06 Å². The average molecular weight is 236 g/mol. The third-order valence-electron chi connectivity index (χ3n) is 2.23. The van der Waals surface area contributed by atoms with Gasteiger partial charge in [-0.25, -0.2) is 9.86 Å². The summed E-state index contributed by atoms with van der Waals surface area (Å²) in [6.45, 7) is 0.207. The minimum atomic E-state index is -0.502. The SMILES string of the molecule is CNC(=O)N(O)Cc1cc2ccccc2s1. The van der Waals surface area contributed by atoms with Gasteiger partial charge in [-0.2, -0.15) is 0 Å². The molecule has 0 aliphatic carbocycles. The van der Waals surface area contributed by atoms with Crippen molar-refractivity contribution < 1.29 is 10.0 Å². The number of hydrogen-bond donors (Lipinski definition) is 2. The van der Waals surface area contributed by atoms with Crippen LogP contribution in [0.3, 0.4) is 0 Å². The maximum absolute atomic E-state index is 11.1. The van der Waals surface area contributed by atoms with Crippen molar-refractivity contribution in [1.82, 2.24) is 10.4 Å². The minimum absolute atomic E-state index is 0.207. The van der Waals surface area contributed by atoms with Gasteiger partial charge in [0, 0.05) is 16.6 Å². The Labute approximate surface area is 97.1 Å². The number of thiophene rings is 1. The van der Waals surface area contributed by atoms with Crippen LogP contribution in [0.1, 0.15) is 4.88 Å². The highest BCUT2D eigenvalue weighted by atomic mass is 32.1. The number of rotatable bonds is 2. The molecule has 2 aromatic rings. The zero-order valence-corrected chi connectivity index (χ0v) is 9.62. The smallest absolute Gasteiger partial charge is 0.339 e. The molecule has 0 unspecified atom stereocenters. The standard InChI is InChI=1S/C11H12N2O2S/c1-12-11(14)13(15)7-9-6-8-4-2-3-5-10(8)16-9/h2-6,15H,7H2,1H3,(H,12,14). The van der Waals surface area contributed by atoms with E-state index in [4.69, 9.17) is 0 Å². The number of amides is 2. The van der Waals surface area contributed by atoms with E-state index in [0.717, 1.165) is 15.0 Å². The number of nitrogens with zero attached hydrogens (tertiary/aromatic N) is 1. The van der Waals surface area contributed by atoms with Gasteiger partial charge in [0.2, 0.25) is 0 Å². The van der Waals surface area contributed by atoms with Gasteiger partial charge in [0.15, 0.2) is 0 Å². The van der Waals surface area contributed by atoms with Crippen LogP contribution in [-0.4, -0.2) is 23.3 Å². The van der Waals surface area contributed by atoms with Crippen LogP contribution in [0.25, 0.3) is 10.1 Å².